The summed E-state index contributed by atoms with van der Waals surface area (Å²) in [5, 5.41) is 4.57. The lowest BCUT2D eigenvalue weighted by atomic mass is 10.1. The van der Waals surface area contributed by atoms with Crippen LogP contribution in [0, 0.1) is 6.92 Å². The Morgan fingerprint density at radius 1 is 1.25 bits per heavy atom. The van der Waals surface area contributed by atoms with Crippen molar-refractivity contribution in [1.82, 2.24) is 9.97 Å². The summed E-state index contributed by atoms with van der Waals surface area (Å²) in [5.41, 5.74) is 2.05. The summed E-state index contributed by atoms with van der Waals surface area (Å²) in [6, 6.07) is 6.36. The van der Waals surface area contributed by atoms with Gasteiger partial charge in [0.25, 0.3) is 0 Å². The Hall–Kier alpha value is -1.35. The Bertz CT molecular complexity index is 523. The normalized spacial score (nSPS) is 11.1. The summed E-state index contributed by atoms with van der Waals surface area (Å²) < 4.78 is 0. The molecular formula is C12H14ClN3. The van der Waals surface area contributed by atoms with Gasteiger partial charge in [-0.15, -0.1) is 0 Å². The van der Waals surface area contributed by atoms with Gasteiger partial charge in [-0.25, -0.2) is 9.97 Å². The largest absolute Gasteiger partial charge is 0.367 e. The molecule has 0 saturated carbocycles. The zero-order chi connectivity index (χ0) is 11.7. The molecule has 84 valence electrons. The molecule has 0 spiro atoms. The number of hydrogen-bond acceptors (Lipinski definition) is 3. The molecule has 0 fully saturated rings. The van der Waals surface area contributed by atoms with Crippen LogP contribution in [0.5, 0.6) is 0 Å². The highest BCUT2D eigenvalue weighted by Crippen LogP contribution is 2.23. The summed E-state index contributed by atoms with van der Waals surface area (Å²) in [6.07, 6.45) is 0. The maximum absolute atomic E-state index is 5.88. The van der Waals surface area contributed by atoms with Crippen molar-refractivity contribution < 1.29 is 0 Å². The molecule has 0 unspecified atom stereocenters. The maximum Gasteiger partial charge on any atom is 0.224 e. The third kappa shape index (κ3) is 2.25. The molecule has 2 rings (SSSR count). The number of nitrogens with one attached hydrogen (secondary N) is 1. The van der Waals surface area contributed by atoms with E-state index >= 15 is 0 Å². The number of hydrogen-bond donors (Lipinski definition) is 1. The number of halogens is 1. The van der Waals surface area contributed by atoms with Gasteiger partial charge < -0.3 is 5.32 Å². The van der Waals surface area contributed by atoms with E-state index in [4.69, 9.17) is 11.6 Å². The second-order valence-electron chi connectivity index (χ2n) is 4.16. The smallest absolute Gasteiger partial charge is 0.224 e. The van der Waals surface area contributed by atoms with Crippen LogP contribution in [-0.4, -0.2) is 16.0 Å². The van der Waals surface area contributed by atoms with Gasteiger partial charge in [-0.05, 0) is 44.5 Å². The van der Waals surface area contributed by atoms with E-state index in [-0.39, 0.29) is 5.28 Å². The van der Waals surface area contributed by atoms with Crippen LogP contribution < -0.4 is 5.32 Å². The molecule has 0 amide bonds. The molecule has 1 aromatic heterocycles. The summed E-state index contributed by atoms with van der Waals surface area (Å²) in [5.74, 6) is 0.800. The van der Waals surface area contributed by atoms with Gasteiger partial charge in [-0.3, -0.25) is 0 Å². The zero-order valence-electron chi connectivity index (χ0n) is 9.58. The number of aryl methyl sites for hydroxylation is 1. The van der Waals surface area contributed by atoms with E-state index in [0.29, 0.717) is 6.04 Å². The molecule has 16 heavy (non-hydrogen) atoms. The van der Waals surface area contributed by atoms with Crippen LogP contribution in [0.3, 0.4) is 0 Å². The highest BCUT2D eigenvalue weighted by molar-refractivity contribution is 6.28. The Morgan fingerprint density at radius 2 is 2.00 bits per heavy atom. The van der Waals surface area contributed by atoms with Crippen LogP contribution in [0.4, 0.5) is 5.82 Å². The second-order valence-corrected chi connectivity index (χ2v) is 4.50. The van der Waals surface area contributed by atoms with Crippen LogP contribution in [0.15, 0.2) is 18.2 Å². The van der Waals surface area contributed by atoms with E-state index in [1.807, 2.05) is 19.1 Å². The minimum Gasteiger partial charge on any atom is -0.367 e. The molecule has 0 saturated heterocycles. The average Bonchev–Trinajstić information content (AvgIpc) is 2.18. The topological polar surface area (TPSA) is 37.8 Å². The molecule has 0 bridgehead atoms. The highest BCUT2D eigenvalue weighted by atomic mass is 35.5. The number of anilines is 1. The molecule has 3 nitrogen and oxygen atoms in total. The van der Waals surface area contributed by atoms with Crippen LogP contribution >= 0.6 is 11.6 Å². The quantitative estimate of drug-likeness (QED) is 0.811. The molecule has 0 atom stereocenters. The van der Waals surface area contributed by atoms with Gasteiger partial charge in [0, 0.05) is 11.4 Å². The molecule has 0 aliphatic heterocycles. The summed E-state index contributed by atoms with van der Waals surface area (Å²) in [7, 11) is 0. The van der Waals surface area contributed by atoms with Crippen molar-refractivity contribution in [3.63, 3.8) is 0 Å². The number of benzene rings is 1. The van der Waals surface area contributed by atoms with Crippen molar-refractivity contribution in [3.05, 3.63) is 29.0 Å². The molecule has 2 aromatic rings. The number of fused-ring (bicyclic) bond motifs is 1. The third-order valence-corrected chi connectivity index (χ3v) is 2.42. The number of aromatic nitrogens is 2. The SMILES string of the molecule is Cc1ccc2nc(Cl)nc(NC(C)C)c2c1. The fraction of sp³-hybridized carbons (Fsp3) is 0.333. The molecule has 1 heterocycles. The Kier molecular flexibility index (Phi) is 2.97. The summed E-state index contributed by atoms with van der Waals surface area (Å²) in [6.45, 7) is 6.18. The second kappa shape index (κ2) is 4.26. The lowest BCUT2D eigenvalue weighted by Crippen LogP contribution is -2.11. The van der Waals surface area contributed by atoms with E-state index in [2.05, 4.69) is 35.2 Å². The van der Waals surface area contributed by atoms with Gasteiger partial charge >= 0.3 is 0 Å². The predicted molar refractivity (Wildman–Crippen MR) is 68.0 cm³/mol. The van der Waals surface area contributed by atoms with Crippen molar-refractivity contribution in [2.75, 3.05) is 5.32 Å². The zero-order valence-corrected chi connectivity index (χ0v) is 10.3. The monoisotopic (exact) mass is 235 g/mol. The Morgan fingerprint density at radius 3 is 2.69 bits per heavy atom. The highest BCUT2D eigenvalue weighted by Gasteiger charge is 2.07. The first-order valence-corrected chi connectivity index (χ1v) is 5.64. The summed E-state index contributed by atoms with van der Waals surface area (Å²) in [4.78, 5) is 8.42. The first-order chi connectivity index (χ1) is 7.56. The van der Waals surface area contributed by atoms with Crippen LogP contribution in [0.1, 0.15) is 19.4 Å². The third-order valence-electron chi connectivity index (χ3n) is 2.25. The van der Waals surface area contributed by atoms with Crippen molar-refractivity contribution in [2.24, 2.45) is 0 Å². The molecule has 1 aromatic carbocycles. The number of rotatable bonds is 2. The standard InChI is InChI=1S/C12H14ClN3/c1-7(2)14-11-9-6-8(3)4-5-10(9)15-12(13)16-11/h4-7H,1-3H3,(H,14,15,16). The average molecular weight is 236 g/mol. The van der Waals surface area contributed by atoms with E-state index in [9.17, 15) is 0 Å². The predicted octanol–water partition coefficient (Wildman–Crippen LogP) is 3.41. The lowest BCUT2D eigenvalue weighted by Gasteiger charge is -2.12. The van der Waals surface area contributed by atoms with E-state index in [1.165, 1.54) is 5.56 Å². The van der Waals surface area contributed by atoms with Gasteiger partial charge in [0.15, 0.2) is 0 Å². The van der Waals surface area contributed by atoms with Crippen LogP contribution in [-0.2, 0) is 0 Å². The van der Waals surface area contributed by atoms with Gasteiger partial charge in [-0.2, -0.15) is 0 Å². The molecule has 4 heteroatoms. The van der Waals surface area contributed by atoms with Crippen molar-refractivity contribution >= 4 is 28.3 Å². The van der Waals surface area contributed by atoms with E-state index in [1.54, 1.807) is 0 Å². The summed E-state index contributed by atoms with van der Waals surface area (Å²) >= 11 is 5.88. The first-order valence-electron chi connectivity index (χ1n) is 5.26. The van der Waals surface area contributed by atoms with Gasteiger partial charge in [0.2, 0.25) is 5.28 Å². The Balaban J connectivity index is 2.64. The van der Waals surface area contributed by atoms with Crippen LogP contribution in [0.25, 0.3) is 10.9 Å². The first kappa shape index (κ1) is 11.1. The molecule has 0 radical (unpaired) electrons. The Labute approximate surface area is 99.9 Å². The molecule has 0 aliphatic carbocycles. The maximum atomic E-state index is 5.88. The minimum atomic E-state index is 0.277. The van der Waals surface area contributed by atoms with Gasteiger partial charge in [-0.1, -0.05) is 11.6 Å². The van der Waals surface area contributed by atoms with Crippen molar-refractivity contribution in [3.8, 4) is 0 Å². The number of nitrogens with zero attached hydrogens (tertiary/aromatic N) is 2. The van der Waals surface area contributed by atoms with Crippen molar-refractivity contribution in [2.45, 2.75) is 26.8 Å². The fourth-order valence-corrected chi connectivity index (χ4v) is 1.77. The van der Waals surface area contributed by atoms with Gasteiger partial charge in [0.05, 0.1) is 5.52 Å². The minimum absolute atomic E-state index is 0.277. The van der Waals surface area contributed by atoms with Gasteiger partial charge in [0.1, 0.15) is 5.82 Å². The lowest BCUT2D eigenvalue weighted by molar-refractivity contribution is 0.890. The molecule has 0 aliphatic rings. The fourth-order valence-electron chi connectivity index (χ4n) is 1.60. The molecule has 1 N–H and O–H groups in total. The van der Waals surface area contributed by atoms with Crippen molar-refractivity contribution in [1.29, 1.82) is 0 Å². The van der Waals surface area contributed by atoms with E-state index < -0.39 is 0 Å². The van der Waals surface area contributed by atoms with Crippen LogP contribution in [0.2, 0.25) is 5.28 Å². The molecular weight excluding hydrogens is 222 g/mol. The van der Waals surface area contributed by atoms with E-state index in [0.717, 1.165) is 16.7 Å².